The highest BCUT2D eigenvalue weighted by atomic mass is 19.3. The van der Waals surface area contributed by atoms with Gasteiger partial charge >= 0.3 is 0 Å². The molecule has 2 fully saturated rings. The van der Waals surface area contributed by atoms with Crippen LogP contribution < -0.4 is 5.32 Å². The Hall–Kier alpha value is -1.50. The molecule has 0 aliphatic carbocycles. The van der Waals surface area contributed by atoms with E-state index in [1.807, 2.05) is 0 Å². The minimum absolute atomic E-state index is 0.000224. The Morgan fingerprint density at radius 3 is 2.59 bits per heavy atom. The van der Waals surface area contributed by atoms with E-state index in [4.69, 9.17) is 0 Å². The molecule has 2 saturated heterocycles. The molecular formula is C15H22F2N4O. The number of rotatable bonds is 4. The van der Waals surface area contributed by atoms with Gasteiger partial charge in [0, 0.05) is 23.8 Å². The molecule has 0 aromatic carbocycles. The first-order valence-corrected chi connectivity index (χ1v) is 7.78. The molecule has 2 aliphatic rings. The number of fused-ring (bicyclic) bond motifs is 2. The lowest BCUT2D eigenvalue weighted by atomic mass is 9.98. The third-order valence-electron chi connectivity index (χ3n) is 4.98. The number of hydrogen-bond donors (Lipinski definition) is 1. The van der Waals surface area contributed by atoms with E-state index in [0.717, 1.165) is 12.8 Å². The van der Waals surface area contributed by atoms with Crippen LogP contribution in [0.15, 0.2) is 6.07 Å². The van der Waals surface area contributed by atoms with Gasteiger partial charge in [0.25, 0.3) is 6.43 Å². The van der Waals surface area contributed by atoms with Crippen LogP contribution in [-0.4, -0.2) is 45.8 Å². The van der Waals surface area contributed by atoms with Crippen LogP contribution in [-0.2, 0) is 11.3 Å². The number of carbonyl (C=O) groups excluding carboxylic acids is 1. The number of aromatic nitrogens is 2. The Kier molecular flexibility index (Phi) is 4.16. The van der Waals surface area contributed by atoms with Crippen molar-refractivity contribution < 1.29 is 13.6 Å². The highest BCUT2D eigenvalue weighted by molar-refractivity contribution is 5.76. The summed E-state index contributed by atoms with van der Waals surface area (Å²) in [7, 11) is 2.15. The van der Waals surface area contributed by atoms with Gasteiger partial charge in [-0.25, -0.2) is 8.78 Å². The van der Waals surface area contributed by atoms with Gasteiger partial charge in [-0.2, -0.15) is 5.10 Å². The van der Waals surface area contributed by atoms with Crippen molar-refractivity contribution in [2.45, 2.75) is 63.7 Å². The SMILES string of the molecule is Cc1cc(C(F)F)nn1CC(=O)NC1CC2CCC(C1)N2C. The van der Waals surface area contributed by atoms with E-state index in [0.29, 0.717) is 17.8 Å². The molecule has 2 bridgehead atoms. The summed E-state index contributed by atoms with van der Waals surface area (Å²) in [4.78, 5) is 14.6. The first-order chi connectivity index (χ1) is 10.4. The summed E-state index contributed by atoms with van der Waals surface area (Å²) in [5.74, 6) is -0.152. The lowest BCUT2D eigenvalue weighted by Gasteiger charge is -2.36. The van der Waals surface area contributed by atoms with Crippen molar-refractivity contribution in [2.24, 2.45) is 0 Å². The van der Waals surface area contributed by atoms with Crippen molar-refractivity contribution >= 4 is 5.91 Å². The molecule has 0 radical (unpaired) electrons. The number of nitrogens with one attached hydrogen (secondary N) is 1. The van der Waals surface area contributed by atoms with E-state index in [1.165, 1.54) is 23.6 Å². The predicted molar refractivity (Wildman–Crippen MR) is 77.7 cm³/mol. The Balaban J connectivity index is 1.57. The molecule has 7 heteroatoms. The van der Waals surface area contributed by atoms with Crippen molar-refractivity contribution in [3.8, 4) is 0 Å². The third kappa shape index (κ3) is 2.99. The van der Waals surface area contributed by atoms with Crippen LogP contribution in [0.4, 0.5) is 8.78 Å². The number of nitrogens with zero attached hydrogens (tertiary/aromatic N) is 3. The average Bonchev–Trinajstić information content (AvgIpc) is 2.88. The number of hydrogen-bond acceptors (Lipinski definition) is 3. The lowest BCUT2D eigenvalue weighted by molar-refractivity contribution is -0.123. The van der Waals surface area contributed by atoms with E-state index in [1.54, 1.807) is 6.92 Å². The van der Waals surface area contributed by atoms with Gasteiger partial charge < -0.3 is 10.2 Å². The van der Waals surface area contributed by atoms with Crippen molar-refractivity contribution in [2.75, 3.05) is 7.05 Å². The minimum atomic E-state index is -2.60. The van der Waals surface area contributed by atoms with Gasteiger partial charge in [0.05, 0.1) is 0 Å². The summed E-state index contributed by atoms with van der Waals surface area (Å²) in [6, 6.07) is 2.63. The van der Waals surface area contributed by atoms with Gasteiger partial charge in [-0.05, 0) is 45.7 Å². The van der Waals surface area contributed by atoms with E-state index < -0.39 is 6.43 Å². The summed E-state index contributed by atoms with van der Waals surface area (Å²) >= 11 is 0. The summed E-state index contributed by atoms with van der Waals surface area (Å²) < 4.78 is 26.6. The van der Waals surface area contributed by atoms with Gasteiger partial charge in [-0.15, -0.1) is 0 Å². The zero-order valence-electron chi connectivity index (χ0n) is 12.9. The van der Waals surface area contributed by atoms with Crippen LogP contribution in [0, 0.1) is 6.92 Å². The minimum Gasteiger partial charge on any atom is -0.352 e. The van der Waals surface area contributed by atoms with Crippen LogP contribution >= 0.6 is 0 Å². The smallest absolute Gasteiger partial charge is 0.282 e. The molecule has 1 aromatic heterocycles. The second kappa shape index (κ2) is 5.95. The monoisotopic (exact) mass is 312 g/mol. The normalized spacial score (nSPS) is 28.3. The van der Waals surface area contributed by atoms with Gasteiger partial charge in [0.15, 0.2) is 0 Å². The molecule has 5 nitrogen and oxygen atoms in total. The molecule has 1 aromatic rings. The molecular weight excluding hydrogens is 290 g/mol. The Morgan fingerprint density at radius 1 is 1.41 bits per heavy atom. The maximum atomic E-state index is 12.6. The molecule has 3 heterocycles. The van der Waals surface area contributed by atoms with E-state index in [-0.39, 0.29) is 24.2 Å². The molecule has 0 spiro atoms. The average molecular weight is 312 g/mol. The Labute approximate surface area is 128 Å². The maximum Gasteiger partial charge on any atom is 0.282 e. The quantitative estimate of drug-likeness (QED) is 0.923. The number of alkyl halides is 2. The van der Waals surface area contributed by atoms with Crippen LogP contribution in [0.25, 0.3) is 0 Å². The summed E-state index contributed by atoms with van der Waals surface area (Å²) in [5, 5.41) is 6.83. The number of carbonyl (C=O) groups is 1. The first kappa shape index (κ1) is 15.4. The zero-order valence-corrected chi connectivity index (χ0v) is 12.9. The highest BCUT2D eigenvalue weighted by Crippen LogP contribution is 2.34. The lowest BCUT2D eigenvalue weighted by Crippen LogP contribution is -2.49. The Bertz CT molecular complexity index is 546. The topological polar surface area (TPSA) is 50.2 Å². The number of aryl methyl sites for hydroxylation is 1. The second-order valence-corrected chi connectivity index (χ2v) is 6.46. The fourth-order valence-corrected chi connectivity index (χ4v) is 3.74. The van der Waals surface area contributed by atoms with Gasteiger partial charge in [0.2, 0.25) is 5.91 Å². The van der Waals surface area contributed by atoms with Gasteiger partial charge in [0.1, 0.15) is 12.2 Å². The summed E-state index contributed by atoms with van der Waals surface area (Å²) in [6.45, 7) is 1.68. The van der Waals surface area contributed by atoms with Gasteiger partial charge in [-0.3, -0.25) is 9.48 Å². The molecule has 2 unspecified atom stereocenters. The fraction of sp³-hybridized carbons (Fsp3) is 0.733. The van der Waals surface area contributed by atoms with Crippen molar-refractivity contribution in [3.63, 3.8) is 0 Å². The molecule has 0 saturated carbocycles. The summed E-state index contributed by atoms with van der Waals surface area (Å²) in [5.41, 5.74) is 0.302. The van der Waals surface area contributed by atoms with Crippen LogP contribution in [0.1, 0.15) is 43.5 Å². The molecule has 3 rings (SSSR count). The molecule has 1 amide bonds. The Morgan fingerprint density at radius 2 is 2.05 bits per heavy atom. The maximum absolute atomic E-state index is 12.6. The van der Waals surface area contributed by atoms with E-state index in [9.17, 15) is 13.6 Å². The predicted octanol–water partition coefficient (Wildman–Crippen LogP) is 1.87. The highest BCUT2D eigenvalue weighted by Gasteiger charge is 2.38. The molecule has 2 atom stereocenters. The van der Waals surface area contributed by atoms with E-state index in [2.05, 4.69) is 22.4 Å². The first-order valence-electron chi connectivity index (χ1n) is 7.78. The van der Waals surface area contributed by atoms with Crippen molar-refractivity contribution in [1.82, 2.24) is 20.0 Å². The number of amides is 1. The van der Waals surface area contributed by atoms with Crippen LogP contribution in [0.3, 0.4) is 0 Å². The third-order valence-corrected chi connectivity index (χ3v) is 4.98. The molecule has 22 heavy (non-hydrogen) atoms. The molecule has 1 N–H and O–H groups in total. The standard InChI is InChI=1S/C15H22F2N4O/c1-9-5-13(15(16)17)19-21(9)8-14(22)18-10-6-11-3-4-12(7-10)20(11)2/h5,10-12,15H,3-4,6-8H2,1-2H3,(H,18,22). The molecule has 122 valence electrons. The van der Waals surface area contributed by atoms with Crippen LogP contribution in [0.2, 0.25) is 0 Å². The van der Waals surface area contributed by atoms with Crippen molar-refractivity contribution in [1.29, 1.82) is 0 Å². The second-order valence-electron chi connectivity index (χ2n) is 6.46. The zero-order chi connectivity index (χ0) is 15.9. The van der Waals surface area contributed by atoms with Crippen LogP contribution in [0.5, 0.6) is 0 Å². The van der Waals surface area contributed by atoms with Crippen molar-refractivity contribution in [3.05, 3.63) is 17.5 Å². The number of piperidine rings is 1. The molecule has 2 aliphatic heterocycles. The number of halogens is 2. The van der Waals surface area contributed by atoms with Gasteiger partial charge in [-0.1, -0.05) is 0 Å². The summed E-state index contributed by atoms with van der Waals surface area (Å²) in [6.07, 6.45) is 1.73. The van der Waals surface area contributed by atoms with E-state index >= 15 is 0 Å². The fourth-order valence-electron chi connectivity index (χ4n) is 3.74. The largest absolute Gasteiger partial charge is 0.352 e.